The van der Waals surface area contributed by atoms with Gasteiger partial charge in [-0.1, -0.05) is 63.2 Å². The Morgan fingerprint density at radius 1 is 1.00 bits per heavy atom. The van der Waals surface area contributed by atoms with Crippen LogP contribution in [0.15, 0.2) is 59.7 Å². The van der Waals surface area contributed by atoms with Crippen LogP contribution in [0.4, 0.5) is 5.69 Å². The topological polar surface area (TPSA) is 53.5 Å². The molecule has 0 unspecified atom stereocenters. The number of hydrogen-bond donors (Lipinski definition) is 2. The molecule has 0 saturated carbocycles. The largest absolute Gasteiger partial charge is 0.376 e. The van der Waals surface area contributed by atoms with E-state index < -0.39 is 0 Å². The zero-order valence-corrected chi connectivity index (χ0v) is 14.8. The molecule has 4 heteroatoms. The van der Waals surface area contributed by atoms with Crippen LogP contribution in [0.1, 0.15) is 38.8 Å². The summed E-state index contributed by atoms with van der Waals surface area (Å²) in [7, 11) is 0. The highest BCUT2D eigenvalue weighted by atomic mass is 16.2. The molecule has 0 aliphatic heterocycles. The molecule has 2 rings (SSSR count). The zero-order valence-electron chi connectivity index (χ0n) is 14.8. The molecule has 1 amide bonds. The van der Waals surface area contributed by atoms with Gasteiger partial charge in [0.15, 0.2) is 0 Å². The molecule has 0 aromatic heterocycles. The number of para-hydroxylation sites is 1. The van der Waals surface area contributed by atoms with E-state index in [2.05, 4.69) is 48.7 Å². The molecule has 2 aromatic carbocycles. The first-order chi connectivity index (χ1) is 11.4. The molecule has 0 bridgehead atoms. The Hall–Kier alpha value is -2.62. The molecular weight excluding hydrogens is 298 g/mol. The van der Waals surface area contributed by atoms with Crippen LogP contribution in [0, 0.1) is 0 Å². The maximum atomic E-state index is 11.9. The lowest BCUT2D eigenvalue weighted by atomic mass is 9.86. The number of nitrogens with one attached hydrogen (secondary N) is 2. The number of hydrazone groups is 1. The third kappa shape index (κ3) is 5.23. The lowest BCUT2D eigenvalue weighted by molar-refractivity contribution is -0.119. The minimum atomic E-state index is -0.176. The quantitative estimate of drug-likeness (QED) is 0.647. The highest BCUT2D eigenvalue weighted by Gasteiger charge is 2.13. The first-order valence-corrected chi connectivity index (χ1v) is 8.09. The summed E-state index contributed by atoms with van der Waals surface area (Å²) in [4.78, 5) is 11.9. The van der Waals surface area contributed by atoms with Crippen molar-refractivity contribution in [3.8, 4) is 0 Å². The summed E-state index contributed by atoms with van der Waals surface area (Å²) in [5.41, 5.74) is 6.67. The van der Waals surface area contributed by atoms with Gasteiger partial charge in [0.25, 0.3) is 5.91 Å². The third-order valence-electron chi connectivity index (χ3n) is 3.74. The van der Waals surface area contributed by atoms with Crippen molar-refractivity contribution in [1.82, 2.24) is 5.43 Å². The van der Waals surface area contributed by atoms with Crippen LogP contribution in [-0.4, -0.2) is 18.2 Å². The molecule has 24 heavy (non-hydrogen) atoms. The summed E-state index contributed by atoms with van der Waals surface area (Å²) >= 11 is 0. The van der Waals surface area contributed by atoms with Crippen molar-refractivity contribution in [2.45, 2.75) is 33.1 Å². The van der Waals surface area contributed by atoms with Crippen LogP contribution >= 0.6 is 0 Å². The monoisotopic (exact) mass is 323 g/mol. The van der Waals surface area contributed by atoms with Crippen molar-refractivity contribution in [1.29, 1.82) is 0 Å². The van der Waals surface area contributed by atoms with Gasteiger partial charge in [-0.05, 0) is 35.6 Å². The highest BCUT2D eigenvalue weighted by molar-refractivity contribution is 5.99. The maximum Gasteiger partial charge on any atom is 0.259 e. The third-order valence-corrected chi connectivity index (χ3v) is 3.74. The van der Waals surface area contributed by atoms with Crippen LogP contribution < -0.4 is 10.7 Å². The molecule has 0 aliphatic rings. The fraction of sp³-hybridized carbons (Fsp3) is 0.300. The fourth-order valence-electron chi connectivity index (χ4n) is 2.20. The normalized spacial score (nSPS) is 11.9. The zero-order chi connectivity index (χ0) is 17.6. The number of amides is 1. The van der Waals surface area contributed by atoms with Gasteiger partial charge in [0, 0.05) is 5.69 Å². The van der Waals surface area contributed by atoms with Crippen LogP contribution in [0.2, 0.25) is 0 Å². The first-order valence-electron chi connectivity index (χ1n) is 8.09. The number of carbonyl (C=O) groups is 1. The second kappa shape index (κ2) is 7.77. The van der Waals surface area contributed by atoms with Gasteiger partial charge in [-0.2, -0.15) is 5.10 Å². The molecule has 4 nitrogen and oxygen atoms in total. The second-order valence-corrected chi connectivity index (χ2v) is 6.78. The van der Waals surface area contributed by atoms with E-state index in [4.69, 9.17) is 0 Å². The van der Waals surface area contributed by atoms with Crippen molar-refractivity contribution in [3.63, 3.8) is 0 Å². The Morgan fingerprint density at radius 2 is 1.62 bits per heavy atom. The van der Waals surface area contributed by atoms with Crippen LogP contribution in [0.5, 0.6) is 0 Å². The highest BCUT2D eigenvalue weighted by Crippen LogP contribution is 2.22. The van der Waals surface area contributed by atoms with Gasteiger partial charge in [0.05, 0.1) is 12.3 Å². The minimum Gasteiger partial charge on any atom is -0.376 e. The molecule has 0 heterocycles. The Morgan fingerprint density at radius 3 is 2.21 bits per heavy atom. The summed E-state index contributed by atoms with van der Waals surface area (Å²) in [6, 6.07) is 17.9. The number of hydrogen-bond acceptors (Lipinski definition) is 3. The van der Waals surface area contributed by atoms with Gasteiger partial charge in [0.2, 0.25) is 0 Å². The molecule has 0 atom stereocenters. The fourth-order valence-corrected chi connectivity index (χ4v) is 2.20. The Bertz CT molecular complexity index is 698. The van der Waals surface area contributed by atoms with Gasteiger partial charge in [-0.25, -0.2) is 5.43 Å². The molecule has 2 aromatic rings. The smallest absolute Gasteiger partial charge is 0.259 e. The van der Waals surface area contributed by atoms with Crippen LogP contribution in [0.3, 0.4) is 0 Å². The minimum absolute atomic E-state index is 0.126. The summed E-state index contributed by atoms with van der Waals surface area (Å²) in [6.07, 6.45) is 0. The van der Waals surface area contributed by atoms with E-state index in [0.717, 1.165) is 17.0 Å². The van der Waals surface area contributed by atoms with E-state index in [0.29, 0.717) is 0 Å². The number of benzene rings is 2. The SMILES string of the molecule is C/C(=N/NC(=O)CNc1ccccc1)c1ccc(C(C)(C)C)cc1. The van der Waals surface area contributed by atoms with Gasteiger partial charge in [0.1, 0.15) is 0 Å². The maximum absolute atomic E-state index is 11.9. The summed E-state index contributed by atoms with van der Waals surface area (Å²) in [5, 5.41) is 7.23. The van der Waals surface area contributed by atoms with Crippen molar-refractivity contribution in [2.24, 2.45) is 5.10 Å². The van der Waals surface area contributed by atoms with Crippen molar-refractivity contribution >= 4 is 17.3 Å². The summed E-state index contributed by atoms with van der Waals surface area (Å²) in [6.45, 7) is 8.62. The van der Waals surface area contributed by atoms with Crippen molar-refractivity contribution in [3.05, 3.63) is 65.7 Å². The average molecular weight is 323 g/mol. The predicted octanol–water partition coefficient (Wildman–Crippen LogP) is 3.94. The number of nitrogens with zero attached hydrogens (tertiary/aromatic N) is 1. The molecular formula is C20H25N3O. The molecule has 0 spiro atoms. The molecule has 126 valence electrons. The van der Waals surface area contributed by atoms with Crippen LogP contribution in [-0.2, 0) is 10.2 Å². The molecule has 0 fully saturated rings. The van der Waals surface area contributed by atoms with Crippen LogP contribution in [0.25, 0.3) is 0 Å². The number of anilines is 1. The van der Waals surface area contributed by atoms with Gasteiger partial charge >= 0.3 is 0 Å². The lowest BCUT2D eigenvalue weighted by Gasteiger charge is -2.19. The summed E-state index contributed by atoms with van der Waals surface area (Å²) < 4.78 is 0. The summed E-state index contributed by atoms with van der Waals surface area (Å²) in [5.74, 6) is -0.176. The molecule has 2 N–H and O–H groups in total. The van der Waals surface area contributed by atoms with E-state index in [1.54, 1.807) is 0 Å². The van der Waals surface area contributed by atoms with Crippen molar-refractivity contribution < 1.29 is 4.79 Å². The Balaban J connectivity index is 1.90. The van der Waals surface area contributed by atoms with E-state index in [-0.39, 0.29) is 17.9 Å². The standard InChI is InChI=1S/C20H25N3O/c1-15(16-10-12-17(13-11-16)20(2,3)4)22-23-19(24)14-21-18-8-6-5-7-9-18/h5-13,21H,14H2,1-4H3,(H,23,24)/b22-15-. The molecule has 0 aliphatic carbocycles. The average Bonchev–Trinajstić information content (AvgIpc) is 2.58. The lowest BCUT2D eigenvalue weighted by Crippen LogP contribution is -2.26. The van der Waals surface area contributed by atoms with E-state index in [9.17, 15) is 4.79 Å². The number of carbonyl (C=O) groups excluding carboxylic acids is 1. The van der Waals surface area contributed by atoms with Gasteiger partial charge in [-0.15, -0.1) is 0 Å². The molecule has 0 radical (unpaired) electrons. The Labute approximate surface area is 144 Å². The first kappa shape index (κ1) is 17.7. The van der Waals surface area contributed by atoms with Crippen molar-refractivity contribution in [2.75, 3.05) is 11.9 Å². The van der Waals surface area contributed by atoms with E-state index >= 15 is 0 Å². The van der Waals surface area contributed by atoms with Gasteiger partial charge < -0.3 is 5.32 Å². The Kier molecular flexibility index (Phi) is 5.74. The van der Waals surface area contributed by atoms with E-state index in [1.165, 1.54) is 5.56 Å². The van der Waals surface area contributed by atoms with E-state index in [1.807, 2.05) is 49.4 Å². The predicted molar refractivity (Wildman–Crippen MR) is 100 cm³/mol. The number of rotatable bonds is 5. The second-order valence-electron chi connectivity index (χ2n) is 6.78. The van der Waals surface area contributed by atoms with Gasteiger partial charge in [-0.3, -0.25) is 4.79 Å². The molecule has 0 saturated heterocycles.